The van der Waals surface area contributed by atoms with Gasteiger partial charge in [0.25, 0.3) is 5.91 Å². The van der Waals surface area contributed by atoms with Crippen molar-refractivity contribution in [3.8, 4) is 11.3 Å². The van der Waals surface area contributed by atoms with E-state index in [9.17, 15) is 9.18 Å². The lowest BCUT2D eigenvalue weighted by atomic mass is 9.89. The number of carbonyl (C=O) groups excluding carboxylic acids is 1. The van der Waals surface area contributed by atoms with E-state index in [0.29, 0.717) is 33.4 Å². The van der Waals surface area contributed by atoms with Crippen LogP contribution in [-0.4, -0.2) is 26.4 Å². The first kappa shape index (κ1) is 19.5. The number of benzene rings is 2. The molecule has 0 fully saturated rings. The zero-order chi connectivity index (χ0) is 20.4. The summed E-state index contributed by atoms with van der Waals surface area (Å²) in [6.07, 6.45) is 0.656. The Hall–Kier alpha value is -2.78. The summed E-state index contributed by atoms with van der Waals surface area (Å²) < 4.78 is 18.5. The molecular formula is C20H18FN5OS2. The predicted octanol–water partition coefficient (Wildman–Crippen LogP) is 4.26. The number of hydrogen-bond donors (Lipinski definition) is 2. The highest BCUT2D eigenvalue weighted by molar-refractivity contribution is 8.13. The Labute approximate surface area is 175 Å². The second-order valence-electron chi connectivity index (χ2n) is 6.79. The number of amides is 1. The number of halogens is 1. The number of aromatic nitrogens is 2. The second kappa shape index (κ2) is 7.92. The molecule has 1 amide bonds. The van der Waals surface area contributed by atoms with E-state index in [-0.39, 0.29) is 11.7 Å². The van der Waals surface area contributed by atoms with Crippen LogP contribution in [0.3, 0.4) is 0 Å². The van der Waals surface area contributed by atoms with Gasteiger partial charge in [0, 0.05) is 22.6 Å². The zero-order valence-corrected chi connectivity index (χ0v) is 17.2. The maximum Gasteiger partial charge on any atom is 0.269 e. The summed E-state index contributed by atoms with van der Waals surface area (Å²) in [5, 5.41) is 7.36. The van der Waals surface area contributed by atoms with Crippen LogP contribution in [0.15, 0.2) is 53.5 Å². The Balaban J connectivity index is 1.63. The van der Waals surface area contributed by atoms with Crippen LogP contribution in [0.2, 0.25) is 0 Å². The van der Waals surface area contributed by atoms with Gasteiger partial charge in [0.1, 0.15) is 16.4 Å². The van der Waals surface area contributed by atoms with Gasteiger partial charge in [0.2, 0.25) is 0 Å². The largest absolute Gasteiger partial charge is 0.379 e. The second-order valence-corrected chi connectivity index (χ2v) is 8.66. The van der Waals surface area contributed by atoms with Crippen molar-refractivity contribution in [2.75, 3.05) is 11.1 Å². The molecule has 1 aromatic heterocycles. The molecule has 3 aromatic rings. The maximum absolute atomic E-state index is 14.6. The van der Waals surface area contributed by atoms with Crippen molar-refractivity contribution in [2.45, 2.75) is 18.9 Å². The number of nitrogens with one attached hydrogen (secondary N) is 1. The Kier molecular flexibility index (Phi) is 5.33. The molecule has 1 aliphatic heterocycles. The molecule has 1 aliphatic rings. The lowest BCUT2D eigenvalue weighted by molar-refractivity contribution is 0.103. The maximum atomic E-state index is 14.6. The van der Waals surface area contributed by atoms with Gasteiger partial charge in [-0.25, -0.2) is 4.39 Å². The van der Waals surface area contributed by atoms with Crippen molar-refractivity contribution in [2.24, 2.45) is 10.7 Å². The molecule has 0 radical (unpaired) electrons. The molecular weight excluding hydrogens is 409 g/mol. The van der Waals surface area contributed by atoms with Gasteiger partial charge in [-0.1, -0.05) is 46.6 Å². The Bertz CT molecular complexity index is 1090. The average Bonchev–Trinajstić information content (AvgIpc) is 3.20. The summed E-state index contributed by atoms with van der Waals surface area (Å²) in [5.74, 6) is 0.0385. The third kappa shape index (κ3) is 4.01. The van der Waals surface area contributed by atoms with Gasteiger partial charge in [-0.15, -0.1) is 5.10 Å². The van der Waals surface area contributed by atoms with Crippen molar-refractivity contribution in [3.63, 3.8) is 0 Å². The van der Waals surface area contributed by atoms with E-state index in [1.807, 2.05) is 37.3 Å². The van der Waals surface area contributed by atoms with Crippen LogP contribution in [0.25, 0.3) is 11.3 Å². The molecule has 6 nitrogen and oxygen atoms in total. The van der Waals surface area contributed by atoms with Crippen LogP contribution < -0.4 is 11.1 Å². The number of aliphatic imine (C=N–C) groups is 1. The average molecular weight is 428 g/mol. The number of nitrogens with two attached hydrogens (primary N) is 1. The van der Waals surface area contributed by atoms with Gasteiger partial charge in [0.05, 0.1) is 5.54 Å². The highest BCUT2D eigenvalue weighted by Crippen LogP contribution is 2.37. The van der Waals surface area contributed by atoms with E-state index in [0.717, 1.165) is 22.8 Å². The Morgan fingerprint density at radius 3 is 2.79 bits per heavy atom. The molecule has 0 aliphatic carbocycles. The fourth-order valence-corrected chi connectivity index (χ4v) is 4.77. The lowest BCUT2D eigenvalue weighted by Crippen LogP contribution is -2.29. The molecule has 0 saturated heterocycles. The van der Waals surface area contributed by atoms with Crippen LogP contribution >= 0.6 is 23.3 Å². The molecule has 1 unspecified atom stereocenters. The van der Waals surface area contributed by atoms with E-state index in [1.54, 1.807) is 6.07 Å². The minimum absolute atomic E-state index is 0.344. The minimum atomic E-state index is -0.763. The van der Waals surface area contributed by atoms with Crippen LogP contribution in [0.1, 0.15) is 28.6 Å². The predicted molar refractivity (Wildman–Crippen MR) is 116 cm³/mol. The molecule has 2 heterocycles. The van der Waals surface area contributed by atoms with Gasteiger partial charge < -0.3 is 11.1 Å². The number of hydrogen-bond acceptors (Lipinski definition) is 7. The fourth-order valence-electron chi connectivity index (χ4n) is 3.21. The monoisotopic (exact) mass is 427 g/mol. The van der Waals surface area contributed by atoms with Gasteiger partial charge in [0.15, 0.2) is 5.17 Å². The Morgan fingerprint density at radius 1 is 1.24 bits per heavy atom. The normalized spacial score (nSPS) is 18.9. The first-order chi connectivity index (χ1) is 14.0. The van der Waals surface area contributed by atoms with Crippen molar-refractivity contribution in [3.05, 3.63) is 64.8 Å². The molecule has 29 heavy (non-hydrogen) atoms. The molecule has 1 atom stereocenters. The number of thioether (sulfide) groups is 1. The quantitative estimate of drug-likeness (QED) is 0.649. The highest BCUT2D eigenvalue weighted by atomic mass is 32.2. The number of carbonyl (C=O) groups is 1. The topological polar surface area (TPSA) is 93.3 Å². The van der Waals surface area contributed by atoms with Gasteiger partial charge in [-0.3, -0.25) is 9.79 Å². The van der Waals surface area contributed by atoms with Crippen LogP contribution in [0, 0.1) is 5.82 Å². The van der Waals surface area contributed by atoms with E-state index in [2.05, 4.69) is 19.9 Å². The summed E-state index contributed by atoms with van der Waals surface area (Å²) in [4.78, 5) is 17.7. The van der Waals surface area contributed by atoms with Crippen molar-refractivity contribution >= 4 is 40.1 Å². The first-order valence-corrected chi connectivity index (χ1v) is 10.7. The van der Waals surface area contributed by atoms with Crippen molar-refractivity contribution < 1.29 is 9.18 Å². The standard InChI is InChI=1S/C20H18FN5OS2/c1-20(9-10-28-19(22)24-20)14-11-13(7-8-15(14)21)23-18(27)17-16(25-26-29-17)12-5-3-2-4-6-12/h2-8,11H,9-10H2,1H3,(H2,22,24)(H,23,27). The summed E-state index contributed by atoms with van der Waals surface area (Å²) in [6, 6.07) is 13.9. The smallest absolute Gasteiger partial charge is 0.269 e. The van der Waals surface area contributed by atoms with E-state index < -0.39 is 5.54 Å². The van der Waals surface area contributed by atoms with E-state index >= 15 is 0 Å². The van der Waals surface area contributed by atoms with Gasteiger partial charge in [-0.05, 0) is 43.1 Å². The van der Waals surface area contributed by atoms with Crippen LogP contribution in [-0.2, 0) is 5.54 Å². The SMILES string of the molecule is CC1(c2cc(NC(=O)c3snnc3-c3ccccc3)ccc2F)CCSC(N)=N1. The molecule has 0 bridgehead atoms. The molecule has 0 saturated carbocycles. The van der Waals surface area contributed by atoms with Gasteiger partial charge >= 0.3 is 0 Å². The third-order valence-corrected chi connectivity index (χ3v) is 6.26. The summed E-state index contributed by atoms with van der Waals surface area (Å²) in [5.41, 5.74) is 7.31. The lowest BCUT2D eigenvalue weighted by Gasteiger charge is -2.30. The molecule has 3 N–H and O–H groups in total. The number of rotatable bonds is 4. The third-order valence-electron chi connectivity index (χ3n) is 4.74. The van der Waals surface area contributed by atoms with Crippen molar-refractivity contribution in [1.29, 1.82) is 0 Å². The minimum Gasteiger partial charge on any atom is -0.379 e. The number of anilines is 1. The van der Waals surface area contributed by atoms with Crippen molar-refractivity contribution in [1.82, 2.24) is 9.59 Å². The fraction of sp³-hybridized carbons (Fsp3) is 0.200. The summed E-state index contributed by atoms with van der Waals surface area (Å²) in [6.45, 7) is 1.85. The zero-order valence-electron chi connectivity index (χ0n) is 15.6. The Morgan fingerprint density at radius 2 is 2.03 bits per heavy atom. The summed E-state index contributed by atoms with van der Waals surface area (Å²) in [7, 11) is 0. The first-order valence-electron chi connectivity index (χ1n) is 8.93. The number of nitrogens with zero attached hydrogens (tertiary/aromatic N) is 3. The van der Waals surface area contributed by atoms with Crippen LogP contribution in [0.4, 0.5) is 10.1 Å². The molecule has 4 rings (SSSR count). The van der Waals surface area contributed by atoms with Gasteiger partial charge in [-0.2, -0.15) is 0 Å². The molecule has 0 spiro atoms. The van der Waals surface area contributed by atoms with E-state index in [4.69, 9.17) is 5.73 Å². The highest BCUT2D eigenvalue weighted by Gasteiger charge is 2.32. The molecule has 148 valence electrons. The summed E-state index contributed by atoms with van der Waals surface area (Å²) >= 11 is 2.47. The molecule has 2 aromatic carbocycles. The molecule has 9 heteroatoms. The number of amidine groups is 1. The van der Waals surface area contributed by atoms with E-state index in [1.165, 1.54) is 23.9 Å². The van der Waals surface area contributed by atoms with Crippen LogP contribution in [0.5, 0.6) is 0 Å².